The van der Waals surface area contributed by atoms with E-state index in [-0.39, 0.29) is 11.5 Å². The summed E-state index contributed by atoms with van der Waals surface area (Å²) in [5, 5.41) is 2.02. The number of hydrogen-bond donors (Lipinski definition) is 1. The van der Waals surface area contributed by atoms with Crippen LogP contribution in [0.4, 0.5) is 0 Å². The summed E-state index contributed by atoms with van der Waals surface area (Å²) < 4.78 is 0. The molecule has 0 aliphatic heterocycles. The molecule has 0 bridgehead atoms. The van der Waals surface area contributed by atoms with Crippen LogP contribution in [0.25, 0.3) is 11.3 Å². The number of nitrogens with one attached hydrogen (secondary N) is 1. The normalized spacial score (nSPS) is 11.0. The van der Waals surface area contributed by atoms with E-state index in [4.69, 9.17) is 0 Å². The molecule has 2 heterocycles. The second-order valence-corrected chi connectivity index (χ2v) is 5.18. The van der Waals surface area contributed by atoms with Crippen LogP contribution in [0.15, 0.2) is 22.3 Å². The molecule has 0 aliphatic carbocycles. The molecule has 4 heteroatoms. The highest BCUT2D eigenvalue weighted by atomic mass is 32.1. The van der Waals surface area contributed by atoms with Crippen molar-refractivity contribution in [2.24, 2.45) is 0 Å². The van der Waals surface area contributed by atoms with Gasteiger partial charge in [-0.25, -0.2) is 4.98 Å². The van der Waals surface area contributed by atoms with Crippen molar-refractivity contribution in [1.29, 1.82) is 0 Å². The summed E-state index contributed by atoms with van der Waals surface area (Å²) in [6, 6.07) is 3.56. The lowest BCUT2D eigenvalue weighted by Gasteiger charge is -2.06. The zero-order valence-corrected chi connectivity index (χ0v) is 10.4. The van der Waals surface area contributed by atoms with Crippen LogP contribution < -0.4 is 5.56 Å². The third-order valence-corrected chi connectivity index (χ3v) is 3.29. The molecule has 2 rings (SSSR count). The van der Waals surface area contributed by atoms with Gasteiger partial charge in [0, 0.05) is 22.4 Å². The number of nitrogens with zero attached hydrogens (tertiary/aromatic N) is 1. The van der Waals surface area contributed by atoms with Crippen molar-refractivity contribution in [3.63, 3.8) is 0 Å². The van der Waals surface area contributed by atoms with Crippen LogP contribution in [0.3, 0.4) is 0 Å². The summed E-state index contributed by atoms with van der Waals surface area (Å²) >= 11 is 1.67. The van der Waals surface area contributed by atoms with Gasteiger partial charge in [-0.2, -0.15) is 0 Å². The van der Waals surface area contributed by atoms with Gasteiger partial charge in [0.05, 0.1) is 5.69 Å². The molecule has 16 heavy (non-hydrogen) atoms. The largest absolute Gasteiger partial charge is 0.310 e. The van der Waals surface area contributed by atoms with Gasteiger partial charge < -0.3 is 4.98 Å². The van der Waals surface area contributed by atoms with E-state index in [2.05, 4.69) is 9.97 Å². The molecule has 0 amide bonds. The molecule has 0 atom stereocenters. The molecule has 0 aliphatic rings. The summed E-state index contributed by atoms with van der Waals surface area (Å²) in [4.78, 5) is 20.0. The number of aryl methyl sites for hydroxylation is 1. The number of aromatic amines is 1. The van der Waals surface area contributed by atoms with Gasteiger partial charge in [0.2, 0.25) is 0 Å². The Hall–Kier alpha value is -1.42. The van der Waals surface area contributed by atoms with Gasteiger partial charge in [-0.15, -0.1) is 11.3 Å². The molecular weight excluding hydrogens is 220 g/mol. The number of rotatable bonds is 2. The predicted molar refractivity (Wildman–Crippen MR) is 67.0 cm³/mol. The average Bonchev–Trinajstić information content (AvgIpc) is 2.63. The number of aromatic nitrogens is 2. The first-order valence-electron chi connectivity index (χ1n) is 5.23. The Morgan fingerprint density at radius 1 is 1.44 bits per heavy atom. The summed E-state index contributed by atoms with van der Waals surface area (Å²) in [5.74, 6) is 0.972. The van der Waals surface area contributed by atoms with Gasteiger partial charge >= 0.3 is 0 Å². The van der Waals surface area contributed by atoms with E-state index in [1.54, 1.807) is 17.4 Å². The van der Waals surface area contributed by atoms with Crippen molar-refractivity contribution >= 4 is 11.3 Å². The van der Waals surface area contributed by atoms with Gasteiger partial charge in [0.25, 0.3) is 5.56 Å². The fourth-order valence-electron chi connectivity index (χ4n) is 1.54. The van der Waals surface area contributed by atoms with E-state index < -0.39 is 0 Å². The first-order valence-corrected chi connectivity index (χ1v) is 6.11. The monoisotopic (exact) mass is 234 g/mol. The average molecular weight is 234 g/mol. The lowest BCUT2D eigenvalue weighted by Crippen LogP contribution is -2.12. The van der Waals surface area contributed by atoms with Gasteiger partial charge in [-0.1, -0.05) is 13.8 Å². The molecule has 1 N–H and O–H groups in total. The lowest BCUT2D eigenvalue weighted by molar-refractivity contribution is 0.768. The zero-order valence-electron chi connectivity index (χ0n) is 9.57. The predicted octanol–water partition coefficient (Wildman–Crippen LogP) is 2.93. The van der Waals surface area contributed by atoms with Crippen molar-refractivity contribution in [3.05, 3.63) is 38.6 Å². The maximum Gasteiger partial charge on any atom is 0.251 e. The topological polar surface area (TPSA) is 45.8 Å². The fraction of sp³-hybridized carbons (Fsp3) is 0.333. The Labute approximate surface area is 98.2 Å². The van der Waals surface area contributed by atoms with E-state index in [0.29, 0.717) is 0 Å². The van der Waals surface area contributed by atoms with Crippen molar-refractivity contribution < 1.29 is 0 Å². The highest BCUT2D eigenvalue weighted by Crippen LogP contribution is 2.25. The maximum atomic E-state index is 11.5. The molecule has 0 fully saturated rings. The quantitative estimate of drug-likeness (QED) is 0.868. The van der Waals surface area contributed by atoms with Crippen molar-refractivity contribution in [2.75, 3.05) is 0 Å². The molecule has 0 aromatic carbocycles. The van der Waals surface area contributed by atoms with Crippen LogP contribution in [-0.2, 0) is 0 Å². The molecule has 0 spiro atoms. The van der Waals surface area contributed by atoms with Crippen LogP contribution in [-0.4, -0.2) is 9.97 Å². The molecule has 0 saturated heterocycles. The van der Waals surface area contributed by atoms with Crippen LogP contribution in [0.1, 0.15) is 30.5 Å². The Morgan fingerprint density at radius 2 is 2.19 bits per heavy atom. The van der Waals surface area contributed by atoms with Crippen LogP contribution >= 0.6 is 11.3 Å². The Morgan fingerprint density at radius 3 is 2.75 bits per heavy atom. The standard InChI is InChI=1S/C12H14N2OS/c1-7(2)12-13-10(6-11(15)14-12)9-4-5-16-8(9)3/h4-7H,1-3H3,(H,13,14,15). The third kappa shape index (κ3) is 2.07. The van der Waals surface area contributed by atoms with E-state index >= 15 is 0 Å². The molecule has 0 radical (unpaired) electrons. The van der Waals surface area contributed by atoms with Crippen molar-refractivity contribution in [3.8, 4) is 11.3 Å². The molecule has 3 nitrogen and oxygen atoms in total. The number of thiophene rings is 1. The summed E-state index contributed by atoms with van der Waals surface area (Å²) in [5.41, 5.74) is 1.74. The Kier molecular flexibility index (Phi) is 2.92. The summed E-state index contributed by atoms with van der Waals surface area (Å²) in [7, 11) is 0. The summed E-state index contributed by atoms with van der Waals surface area (Å²) in [6.07, 6.45) is 0. The lowest BCUT2D eigenvalue weighted by atomic mass is 10.1. The minimum atomic E-state index is -0.0840. The van der Waals surface area contributed by atoms with E-state index in [0.717, 1.165) is 17.1 Å². The zero-order chi connectivity index (χ0) is 11.7. The maximum absolute atomic E-state index is 11.5. The SMILES string of the molecule is Cc1sccc1-c1cc(=O)[nH]c(C(C)C)n1. The first-order chi connectivity index (χ1) is 7.58. The minimum absolute atomic E-state index is 0.0840. The Balaban J connectivity index is 2.58. The van der Waals surface area contributed by atoms with Crippen LogP contribution in [0.2, 0.25) is 0 Å². The van der Waals surface area contributed by atoms with E-state index in [1.807, 2.05) is 32.2 Å². The van der Waals surface area contributed by atoms with Crippen LogP contribution in [0, 0.1) is 6.92 Å². The molecule has 0 unspecified atom stereocenters. The second kappa shape index (κ2) is 4.22. The second-order valence-electron chi connectivity index (χ2n) is 4.06. The van der Waals surface area contributed by atoms with Crippen molar-refractivity contribution in [2.45, 2.75) is 26.7 Å². The van der Waals surface area contributed by atoms with Crippen molar-refractivity contribution in [1.82, 2.24) is 9.97 Å². The van der Waals surface area contributed by atoms with Gasteiger partial charge in [-0.05, 0) is 18.4 Å². The van der Waals surface area contributed by atoms with E-state index in [9.17, 15) is 4.79 Å². The van der Waals surface area contributed by atoms with Gasteiger partial charge in [0.15, 0.2) is 0 Å². The fourth-order valence-corrected chi connectivity index (χ4v) is 2.25. The van der Waals surface area contributed by atoms with Gasteiger partial charge in [0.1, 0.15) is 5.82 Å². The first kappa shape index (κ1) is 11.1. The molecule has 0 saturated carbocycles. The Bertz CT molecular complexity index is 554. The molecule has 2 aromatic rings. The van der Waals surface area contributed by atoms with Gasteiger partial charge in [-0.3, -0.25) is 4.79 Å². The highest BCUT2D eigenvalue weighted by molar-refractivity contribution is 7.10. The molecule has 2 aromatic heterocycles. The smallest absolute Gasteiger partial charge is 0.251 e. The van der Waals surface area contributed by atoms with Crippen LogP contribution in [0.5, 0.6) is 0 Å². The molecule has 84 valence electrons. The summed E-state index contributed by atoms with van der Waals surface area (Å²) in [6.45, 7) is 6.07. The minimum Gasteiger partial charge on any atom is -0.310 e. The van der Waals surface area contributed by atoms with E-state index in [1.165, 1.54) is 4.88 Å². The highest BCUT2D eigenvalue weighted by Gasteiger charge is 2.09. The third-order valence-electron chi connectivity index (χ3n) is 2.44. The number of H-pyrrole nitrogens is 1. The molecular formula is C12H14N2OS. The number of hydrogen-bond acceptors (Lipinski definition) is 3.